The van der Waals surface area contributed by atoms with E-state index in [2.05, 4.69) is 39.3 Å². The SMILES string of the molecule is CCN(CC)Cc1nc(C2(NC(=O)C3=NN(Cc4ccc(F)cc4)C(=O)CC3)CCCC2)no1. The molecule has 1 aromatic carbocycles. The Kier molecular flexibility index (Phi) is 7.35. The molecule has 0 unspecified atom stereocenters. The van der Waals surface area contributed by atoms with Gasteiger partial charge in [0.25, 0.3) is 5.91 Å². The third-order valence-corrected chi connectivity index (χ3v) is 6.57. The number of hydrogen-bond donors (Lipinski definition) is 1. The Morgan fingerprint density at radius 1 is 1.18 bits per heavy atom. The van der Waals surface area contributed by atoms with E-state index in [0.717, 1.165) is 31.5 Å². The maximum absolute atomic E-state index is 13.2. The lowest BCUT2D eigenvalue weighted by molar-refractivity contribution is -0.132. The van der Waals surface area contributed by atoms with Crippen molar-refractivity contribution in [2.75, 3.05) is 13.1 Å². The van der Waals surface area contributed by atoms with Gasteiger partial charge in [0.15, 0.2) is 5.82 Å². The molecule has 0 saturated heterocycles. The maximum Gasteiger partial charge on any atom is 0.268 e. The Labute approximate surface area is 198 Å². The number of benzene rings is 1. The zero-order valence-corrected chi connectivity index (χ0v) is 19.7. The van der Waals surface area contributed by atoms with E-state index in [1.165, 1.54) is 17.1 Å². The zero-order chi connectivity index (χ0) is 24.1. The predicted octanol–water partition coefficient (Wildman–Crippen LogP) is 3.11. The minimum absolute atomic E-state index is 0.171. The molecule has 1 aliphatic heterocycles. The Morgan fingerprint density at radius 3 is 2.56 bits per heavy atom. The lowest BCUT2D eigenvalue weighted by atomic mass is 9.95. The van der Waals surface area contributed by atoms with Crippen LogP contribution < -0.4 is 5.32 Å². The molecular formula is C24H31FN6O3. The minimum Gasteiger partial charge on any atom is -0.338 e. The van der Waals surface area contributed by atoms with Crippen LogP contribution in [-0.2, 0) is 28.2 Å². The van der Waals surface area contributed by atoms with Gasteiger partial charge in [-0.05, 0) is 43.6 Å². The Balaban J connectivity index is 1.49. The molecule has 0 spiro atoms. The van der Waals surface area contributed by atoms with Gasteiger partial charge >= 0.3 is 0 Å². The fourth-order valence-electron chi connectivity index (χ4n) is 4.48. The quantitative estimate of drug-likeness (QED) is 0.604. The highest BCUT2D eigenvalue weighted by atomic mass is 19.1. The van der Waals surface area contributed by atoms with Crippen LogP contribution in [0.4, 0.5) is 4.39 Å². The second-order valence-electron chi connectivity index (χ2n) is 8.84. The summed E-state index contributed by atoms with van der Waals surface area (Å²) in [6.07, 6.45) is 3.78. The van der Waals surface area contributed by atoms with E-state index in [0.29, 0.717) is 36.8 Å². The molecule has 1 aliphatic carbocycles. The van der Waals surface area contributed by atoms with Crippen molar-refractivity contribution in [1.82, 2.24) is 25.4 Å². The van der Waals surface area contributed by atoms with E-state index in [-0.39, 0.29) is 37.0 Å². The number of nitrogens with zero attached hydrogens (tertiary/aromatic N) is 5. The molecule has 1 N–H and O–H groups in total. The van der Waals surface area contributed by atoms with Gasteiger partial charge in [-0.2, -0.15) is 10.1 Å². The van der Waals surface area contributed by atoms with Gasteiger partial charge in [0.1, 0.15) is 17.1 Å². The normalized spacial score (nSPS) is 17.8. The van der Waals surface area contributed by atoms with Crippen LogP contribution in [0, 0.1) is 5.82 Å². The molecule has 34 heavy (non-hydrogen) atoms. The van der Waals surface area contributed by atoms with Crippen LogP contribution in [0.1, 0.15) is 69.7 Å². The summed E-state index contributed by atoms with van der Waals surface area (Å²) in [5.74, 6) is 0.187. The van der Waals surface area contributed by atoms with E-state index in [1.54, 1.807) is 12.1 Å². The fourth-order valence-corrected chi connectivity index (χ4v) is 4.48. The van der Waals surface area contributed by atoms with Crippen LogP contribution in [-0.4, -0.2) is 50.7 Å². The highest BCUT2D eigenvalue weighted by Gasteiger charge is 2.42. The van der Waals surface area contributed by atoms with Crippen molar-refractivity contribution in [1.29, 1.82) is 0 Å². The Morgan fingerprint density at radius 2 is 1.88 bits per heavy atom. The van der Waals surface area contributed by atoms with E-state index < -0.39 is 5.54 Å². The lowest BCUT2D eigenvalue weighted by Gasteiger charge is -2.29. The molecule has 1 fully saturated rings. The first-order valence-electron chi connectivity index (χ1n) is 11.9. The first kappa shape index (κ1) is 24.0. The molecular weight excluding hydrogens is 439 g/mol. The molecule has 10 heteroatoms. The van der Waals surface area contributed by atoms with Gasteiger partial charge in [0.2, 0.25) is 11.8 Å². The third-order valence-electron chi connectivity index (χ3n) is 6.57. The summed E-state index contributed by atoms with van der Waals surface area (Å²) < 4.78 is 18.7. The number of amides is 2. The topological polar surface area (TPSA) is 104 Å². The van der Waals surface area contributed by atoms with Gasteiger partial charge < -0.3 is 9.84 Å². The van der Waals surface area contributed by atoms with Crippen molar-refractivity contribution in [3.63, 3.8) is 0 Å². The van der Waals surface area contributed by atoms with Crippen molar-refractivity contribution >= 4 is 17.5 Å². The predicted molar refractivity (Wildman–Crippen MR) is 123 cm³/mol. The number of carbonyl (C=O) groups excluding carboxylic acids is 2. The highest BCUT2D eigenvalue weighted by molar-refractivity contribution is 6.39. The van der Waals surface area contributed by atoms with Gasteiger partial charge in [-0.1, -0.05) is 44.0 Å². The van der Waals surface area contributed by atoms with Gasteiger partial charge in [-0.15, -0.1) is 0 Å². The third kappa shape index (κ3) is 5.32. The number of halogens is 1. The fraction of sp³-hybridized carbons (Fsp3) is 0.542. The van der Waals surface area contributed by atoms with Crippen molar-refractivity contribution in [3.05, 3.63) is 47.4 Å². The maximum atomic E-state index is 13.2. The van der Waals surface area contributed by atoms with Crippen molar-refractivity contribution in [2.24, 2.45) is 5.10 Å². The number of carbonyl (C=O) groups is 2. The molecule has 2 aromatic rings. The standard InChI is InChI=1S/C24H31FN6O3/c1-3-30(4-2)16-20-26-23(29-34-20)24(13-5-6-14-24)27-22(33)19-11-12-21(32)31(28-19)15-17-7-9-18(25)10-8-17/h7-10H,3-6,11-16H2,1-2H3,(H,27,33). The van der Waals surface area contributed by atoms with E-state index >= 15 is 0 Å². The second kappa shape index (κ2) is 10.4. The first-order chi connectivity index (χ1) is 16.4. The van der Waals surface area contributed by atoms with Crippen molar-refractivity contribution in [3.8, 4) is 0 Å². The summed E-state index contributed by atoms with van der Waals surface area (Å²) in [6, 6.07) is 5.88. The zero-order valence-electron chi connectivity index (χ0n) is 19.7. The van der Waals surface area contributed by atoms with Gasteiger partial charge in [0, 0.05) is 12.8 Å². The summed E-state index contributed by atoms with van der Waals surface area (Å²) in [5.41, 5.74) is 0.327. The summed E-state index contributed by atoms with van der Waals surface area (Å²) in [4.78, 5) is 32.4. The van der Waals surface area contributed by atoms with Crippen LogP contribution in [0.2, 0.25) is 0 Å². The van der Waals surface area contributed by atoms with Crippen LogP contribution in [0.15, 0.2) is 33.9 Å². The molecule has 2 aliphatic rings. The molecule has 0 bridgehead atoms. The summed E-state index contributed by atoms with van der Waals surface area (Å²) in [7, 11) is 0. The van der Waals surface area contributed by atoms with Crippen LogP contribution in [0.25, 0.3) is 0 Å². The average molecular weight is 471 g/mol. The summed E-state index contributed by atoms with van der Waals surface area (Å²) in [5, 5.41) is 13.0. The average Bonchev–Trinajstić information content (AvgIpc) is 3.51. The Bertz CT molecular complexity index is 1040. The van der Waals surface area contributed by atoms with Crippen LogP contribution in [0.5, 0.6) is 0 Å². The first-order valence-corrected chi connectivity index (χ1v) is 11.9. The number of aromatic nitrogens is 2. The van der Waals surface area contributed by atoms with Gasteiger partial charge in [-0.3, -0.25) is 14.5 Å². The Hall–Kier alpha value is -3.14. The molecule has 1 saturated carbocycles. The van der Waals surface area contributed by atoms with Gasteiger partial charge in [-0.25, -0.2) is 9.40 Å². The molecule has 0 atom stereocenters. The number of hydrogen-bond acceptors (Lipinski definition) is 7. The van der Waals surface area contributed by atoms with Crippen molar-refractivity contribution in [2.45, 2.75) is 71.0 Å². The largest absolute Gasteiger partial charge is 0.338 e. The molecule has 0 radical (unpaired) electrons. The molecule has 2 heterocycles. The molecule has 9 nitrogen and oxygen atoms in total. The van der Waals surface area contributed by atoms with E-state index in [1.807, 2.05) is 0 Å². The number of nitrogens with one attached hydrogen (secondary N) is 1. The monoisotopic (exact) mass is 470 g/mol. The summed E-state index contributed by atoms with van der Waals surface area (Å²) in [6.45, 7) is 6.66. The lowest BCUT2D eigenvalue weighted by Crippen LogP contribution is -2.49. The minimum atomic E-state index is -0.701. The molecule has 182 valence electrons. The van der Waals surface area contributed by atoms with E-state index in [9.17, 15) is 14.0 Å². The highest BCUT2D eigenvalue weighted by Crippen LogP contribution is 2.37. The van der Waals surface area contributed by atoms with E-state index in [4.69, 9.17) is 4.52 Å². The van der Waals surface area contributed by atoms with Crippen molar-refractivity contribution < 1.29 is 18.5 Å². The molecule has 4 rings (SSSR count). The summed E-state index contributed by atoms with van der Waals surface area (Å²) >= 11 is 0. The second-order valence-corrected chi connectivity index (χ2v) is 8.84. The molecule has 2 amide bonds. The molecule has 1 aromatic heterocycles. The number of rotatable bonds is 9. The van der Waals surface area contributed by atoms with Crippen LogP contribution in [0.3, 0.4) is 0 Å². The smallest absolute Gasteiger partial charge is 0.268 e. The van der Waals surface area contributed by atoms with Gasteiger partial charge in [0.05, 0.1) is 13.1 Å². The number of hydrazone groups is 1. The van der Waals surface area contributed by atoms with Crippen LogP contribution >= 0.6 is 0 Å².